The first kappa shape index (κ1) is 87.6. The average Bonchev–Trinajstić information content (AvgIpc) is 1.33. The molecule has 23 aromatic carbocycles. The van der Waals surface area contributed by atoms with E-state index < -0.39 is 0 Å². The molecule has 0 fully saturated rings. The Balaban J connectivity index is 0.000000117. The lowest BCUT2D eigenvalue weighted by Crippen LogP contribution is -2.09. The van der Waals surface area contributed by atoms with Gasteiger partial charge in [-0.05, 0) is 292 Å². The number of anilines is 9. The minimum absolute atomic E-state index is 0.899. The summed E-state index contributed by atoms with van der Waals surface area (Å²) in [6.45, 7) is 0. The lowest BCUT2D eigenvalue weighted by Gasteiger charge is -2.26. The summed E-state index contributed by atoms with van der Waals surface area (Å²) >= 11 is 0. The molecular weight excluding hydrogens is 1750 g/mol. The van der Waals surface area contributed by atoms with Gasteiger partial charge >= 0.3 is 0 Å². The quantitative estimate of drug-likeness (QED) is 0.0758. The van der Waals surface area contributed by atoms with Crippen molar-refractivity contribution in [1.82, 2.24) is 0 Å². The van der Waals surface area contributed by atoms with Crippen LogP contribution in [0.2, 0.25) is 0 Å². The third-order valence-corrected chi connectivity index (χ3v) is 27.3. The SMILES string of the molecule is c1ccc(-c2ccc(N(c3ccc(-c4ccccc4)cc3)c3ccc(-c4ccc(-c5ccc6c(c5)oc5ccccc56)cc4)cc3)cc2)cc1.c1ccc(-c2ccc(N(c3ccc(-c4ccccc4)cc3)c3ccc(-c4ccccc4-c4ccc5c(c4)oc4ccccc45)cc3)cc2)cc1.c1ccc(-c2ccc(N(c3ccccc3)c3ccc(-c4ccc5c(c4)oc4cc(-c6ccccc6)ccc45)cc3)cc2)cc1. The van der Waals surface area contributed by atoms with Gasteiger partial charge in [0, 0.05) is 83.5 Å². The molecule has 144 heavy (non-hydrogen) atoms. The lowest BCUT2D eigenvalue weighted by molar-refractivity contribution is 0.668. The minimum atomic E-state index is 0.899. The van der Waals surface area contributed by atoms with Crippen LogP contribution in [0.1, 0.15) is 0 Å². The zero-order valence-electron chi connectivity index (χ0n) is 78.9. The van der Waals surface area contributed by atoms with Gasteiger partial charge in [-0.15, -0.1) is 0 Å². The van der Waals surface area contributed by atoms with Crippen LogP contribution in [0.4, 0.5) is 51.2 Å². The zero-order valence-corrected chi connectivity index (χ0v) is 78.9. The predicted molar refractivity (Wildman–Crippen MR) is 605 cm³/mol. The predicted octanol–water partition coefficient (Wildman–Crippen LogP) is 39.5. The number of rotatable bonds is 20. The molecular formula is C138H95N3O3. The van der Waals surface area contributed by atoms with Crippen LogP contribution in [-0.2, 0) is 0 Å². The Morgan fingerprint density at radius 3 is 0.514 bits per heavy atom. The summed E-state index contributed by atoms with van der Waals surface area (Å²) < 4.78 is 18.8. The second kappa shape index (κ2) is 39.8. The molecule has 26 rings (SSSR count). The van der Waals surface area contributed by atoms with Crippen LogP contribution in [0.25, 0.3) is 188 Å². The molecule has 6 heteroatoms. The standard InChI is InChI=1S/2C48H33NO.C42H29NO/c1-3-11-34(12-4-1)36-19-26-40(27-20-36)49(41-28-21-37(22-29-41)35-13-5-2-6-14-35)42-30-23-38(24-31-42)43-15-7-8-16-44(43)39-25-32-46-45-17-9-10-18-47(45)50-48(46)33-39;1-3-9-34(10-4-1)37-19-26-42(27-20-37)49(43-28-21-38(22-29-43)35-11-5-2-6-12-35)44-30-23-39(24-31-44)36-15-17-40(18-16-36)41-25-32-46-45-13-7-8-14-47(45)50-48(46)33-41;1-4-10-30(11-5-1)32-16-22-37(23-17-32)43(36-14-8-3-9-15-36)38-24-18-33(19-25-38)35-21-27-40-39-26-20-34(31-12-6-2-7-13-31)28-41(39)44-42(40)29-35/h2*1-33H;1-29H. The summed E-state index contributed by atoms with van der Waals surface area (Å²) in [5.41, 5.74) is 41.4. The van der Waals surface area contributed by atoms with E-state index in [4.69, 9.17) is 13.3 Å². The van der Waals surface area contributed by atoms with E-state index >= 15 is 0 Å². The first-order valence-electron chi connectivity index (χ1n) is 48.9. The second-order valence-electron chi connectivity index (χ2n) is 36.2. The van der Waals surface area contributed by atoms with Crippen molar-refractivity contribution in [3.05, 3.63) is 576 Å². The molecule has 0 saturated heterocycles. The van der Waals surface area contributed by atoms with E-state index in [1.165, 1.54) is 83.5 Å². The summed E-state index contributed by atoms with van der Waals surface area (Å²) in [6.07, 6.45) is 0. The number of furan rings is 3. The Kier molecular flexibility index (Phi) is 24.2. The van der Waals surface area contributed by atoms with Crippen LogP contribution >= 0.6 is 0 Å². The fourth-order valence-electron chi connectivity index (χ4n) is 19.9. The van der Waals surface area contributed by atoms with Gasteiger partial charge in [-0.25, -0.2) is 0 Å². The van der Waals surface area contributed by atoms with Crippen LogP contribution < -0.4 is 14.7 Å². The van der Waals surface area contributed by atoms with Crippen LogP contribution in [0, 0.1) is 0 Å². The van der Waals surface area contributed by atoms with Gasteiger partial charge in [-0.1, -0.05) is 406 Å². The van der Waals surface area contributed by atoms with E-state index in [0.29, 0.717) is 0 Å². The third kappa shape index (κ3) is 18.3. The molecule has 680 valence electrons. The minimum Gasteiger partial charge on any atom is -0.456 e. The first-order valence-corrected chi connectivity index (χ1v) is 48.9. The fraction of sp³-hybridized carbons (Fsp3) is 0. The summed E-state index contributed by atoms with van der Waals surface area (Å²) in [4.78, 5) is 6.95. The molecule has 0 aliphatic heterocycles. The van der Waals surface area contributed by atoms with Gasteiger partial charge in [-0.3, -0.25) is 0 Å². The van der Waals surface area contributed by atoms with E-state index in [1.54, 1.807) is 0 Å². The highest BCUT2D eigenvalue weighted by atomic mass is 16.3. The molecule has 6 nitrogen and oxygen atoms in total. The third-order valence-electron chi connectivity index (χ3n) is 27.3. The zero-order chi connectivity index (χ0) is 95.9. The molecule has 3 heterocycles. The van der Waals surface area contributed by atoms with Crippen molar-refractivity contribution in [2.24, 2.45) is 0 Å². The second-order valence-corrected chi connectivity index (χ2v) is 36.2. The van der Waals surface area contributed by atoms with Crippen molar-refractivity contribution in [3.8, 4) is 122 Å². The van der Waals surface area contributed by atoms with Gasteiger partial charge in [-0.2, -0.15) is 0 Å². The molecule has 0 bridgehead atoms. The Bertz CT molecular complexity index is 8770. The molecule has 3 aromatic heterocycles. The summed E-state index contributed by atoms with van der Waals surface area (Å²) in [5.74, 6) is 0. The number of para-hydroxylation sites is 3. The molecule has 0 aliphatic carbocycles. The summed E-state index contributed by atoms with van der Waals surface area (Å²) in [7, 11) is 0. The van der Waals surface area contributed by atoms with Gasteiger partial charge < -0.3 is 28.0 Å². The average molecular weight is 1840 g/mol. The van der Waals surface area contributed by atoms with Crippen molar-refractivity contribution in [2.75, 3.05) is 14.7 Å². The Morgan fingerprint density at radius 1 is 0.0972 bits per heavy atom. The molecule has 0 saturated carbocycles. The number of benzene rings is 23. The molecule has 0 amide bonds. The number of nitrogens with zero attached hydrogens (tertiary/aromatic N) is 3. The van der Waals surface area contributed by atoms with Crippen molar-refractivity contribution < 1.29 is 13.3 Å². The maximum absolute atomic E-state index is 6.39. The van der Waals surface area contributed by atoms with Gasteiger partial charge in [0.25, 0.3) is 0 Å². The van der Waals surface area contributed by atoms with E-state index in [-0.39, 0.29) is 0 Å². The molecule has 0 unspecified atom stereocenters. The van der Waals surface area contributed by atoms with Gasteiger partial charge in [0.2, 0.25) is 0 Å². The van der Waals surface area contributed by atoms with Gasteiger partial charge in [0.1, 0.15) is 33.5 Å². The first-order chi connectivity index (χ1) is 71.3. The molecule has 0 spiro atoms. The molecule has 0 aliphatic rings. The van der Waals surface area contributed by atoms with Crippen molar-refractivity contribution >= 4 is 117 Å². The molecule has 0 radical (unpaired) electrons. The van der Waals surface area contributed by atoms with Crippen LogP contribution in [0.5, 0.6) is 0 Å². The number of hydrogen-bond donors (Lipinski definition) is 0. The Hall–Kier alpha value is -19.1. The maximum Gasteiger partial charge on any atom is 0.136 e. The Morgan fingerprint density at radius 2 is 0.250 bits per heavy atom. The van der Waals surface area contributed by atoms with Crippen LogP contribution in [-0.4, -0.2) is 0 Å². The highest BCUT2D eigenvalue weighted by molar-refractivity contribution is 6.09. The molecule has 0 N–H and O–H groups in total. The van der Waals surface area contributed by atoms with E-state index in [1.807, 2.05) is 30.3 Å². The van der Waals surface area contributed by atoms with Crippen LogP contribution in [0.3, 0.4) is 0 Å². The Labute approximate surface area is 837 Å². The summed E-state index contributed by atoms with van der Waals surface area (Å²) in [5, 5.41) is 6.86. The van der Waals surface area contributed by atoms with Crippen molar-refractivity contribution in [3.63, 3.8) is 0 Å². The fourth-order valence-corrected chi connectivity index (χ4v) is 19.9. The van der Waals surface area contributed by atoms with Crippen LogP contribution in [0.15, 0.2) is 590 Å². The maximum atomic E-state index is 6.39. The molecule has 0 atom stereocenters. The van der Waals surface area contributed by atoms with Crippen molar-refractivity contribution in [1.29, 1.82) is 0 Å². The van der Waals surface area contributed by atoms with Crippen molar-refractivity contribution in [2.45, 2.75) is 0 Å². The topological polar surface area (TPSA) is 49.1 Å². The molecule has 26 aromatic rings. The monoisotopic (exact) mass is 1840 g/mol. The largest absolute Gasteiger partial charge is 0.456 e. The van der Waals surface area contributed by atoms with E-state index in [2.05, 4.69) is 561 Å². The number of fused-ring (bicyclic) bond motifs is 9. The highest BCUT2D eigenvalue weighted by Gasteiger charge is 2.22. The number of hydrogen-bond acceptors (Lipinski definition) is 6. The van der Waals surface area contributed by atoms with E-state index in [9.17, 15) is 0 Å². The van der Waals surface area contributed by atoms with Gasteiger partial charge in [0.05, 0.1) is 0 Å². The summed E-state index contributed by atoms with van der Waals surface area (Å²) in [6, 6.07) is 204. The normalized spacial score (nSPS) is 11.2. The lowest BCUT2D eigenvalue weighted by atomic mass is 9.94. The van der Waals surface area contributed by atoms with Gasteiger partial charge in [0.15, 0.2) is 0 Å². The smallest absolute Gasteiger partial charge is 0.136 e. The van der Waals surface area contributed by atoms with E-state index in [0.717, 1.165) is 156 Å². The highest BCUT2D eigenvalue weighted by Crippen LogP contribution is 2.46.